The van der Waals surface area contributed by atoms with Crippen molar-refractivity contribution < 1.29 is 14.6 Å². The fraction of sp³-hybridized carbons (Fsp3) is 1.00. The highest BCUT2D eigenvalue weighted by Crippen LogP contribution is 2.41. The van der Waals surface area contributed by atoms with Crippen LogP contribution in [0.3, 0.4) is 0 Å². The fourth-order valence-electron chi connectivity index (χ4n) is 2.73. The van der Waals surface area contributed by atoms with Gasteiger partial charge in [0.2, 0.25) is 0 Å². The first kappa shape index (κ1) is 13.9. The highest BCUT2D eigenvalue weighted by Gasteiger charge is 2.43. The van der Waals surface area contributed by atoms with Crippen molar-refractivity contribution in [1.29, 1.82) is 0 Å². The molecule has 3 nitrogen and oxygen atoms in total. The molecule has 0 aromatic rings. The van der Waals surface area contributed by atoms with E-state index in [9.17, 15) is 5.11 Å². The first-order valence-electron chi connectivity index (χ1n) is 6.40. The van der Waals surface area contributed by atoms with Crippen LogP contribution in [-0.2, 0) is 9.47 Å². The van der Waals surface area contributed by atoms with Gasteiger partial charge in [-0.15, -0.1) is 0 Å². The number of rotatable bonds is 6. The van der Waals surface area contributed by atoms with Crippen molar-refractivity contribution in [3.05, 3.63) is 0 Å². The number of hydrogen-bond acceptors (Lipinski definition) is 3. The Labute approximate surface area is 99.1 Å². The van der Waals surface area contributed by atoms with Gasteiger partial charge < -0.3 is 14.6 Å². The normalized spacial score (nSPS) is 36.6. The molecule has 0 amide bonds. The molecular formula is C13H26O3. The summed E-state index contributed by atoms with van der Waals surface area (Å²) in [5, 5.41) is 9.26. The lowest BCUT2D eigenvalue weighted by Crippen LogP contribution is -2.29. The molecule has 16 heavy (non-hydrogen) atoms. The molecule has 0 bridgehead atoms. The van der Waals surface area contributed by atoms with E-state index >= 15 is 0 Å². The van der Waals surface area contributed by atoms with E-state index in [0.717, 1.165) is 25.7 Å². The first-order valence-corrected chi connectivity index (χ1v) is 6.40. The fourth-order valence-corrected chi connectivity index (χ4v) is 2.73. The van der Waals surface area contributed by atoms with Gasteiger partial charge >= 0.3 is 0 Å². The first-order chi connectivity index (χ1) is 7.58. The minimum atomic E-state index is -0.120. The van der Waals surface area contributed by atoms with Crippen LogP contribution >= 0.6 is 0 Å². The molecule has 0 aliphatic carbocycles. The van der Waals surface area contributed by atoms with Gasteiger partial charge in [0.1, 0.15) is 0 Å². The van der Waals surface area contributed by atoms with E-state index in [4.69, 9.17) is 9.47 Å². The van der Waals surface area contributed by atoms with Gasteiger partial charge in [0.25, 0.3) is 0 Å². The third kappa shape index (κ3) is 3.19. The Bertz CT molecular complexity index is 189. The quantitative estimate of drug-likeness (QED) is 0.762. The summed E-state index contributed by atoms with van der Waals surface area (Å²) in [6, 6.07) is 0. The van der Waals surface area contributed by atoms with Gasteiger partial charge in [-0.3, -0.25) is 0 Å². The average Bonchev–Trinajstić information content (AvgIpc) is 2.63. The molecule has 1 saturated heterocycles. The monoisotopic (exact) mass is 230 g/mol. The molecule has 0 radical (unpaired) electrons. The van der Waals surface area contributed by atoms with Crippen LogP contribution in [0.4, 0.5) is 0 Å². The lowest BCUT2D eigenvalue weighted by molar-refractivity contribution is -0.166. The summed E-state index contributed by atoms with van der Waals surface area (Å²) < 4.78 is 11.4. The summed E-state index contributed by atoms with van der Waals surface area (Å²) in [5.41, 5.74) is -0.120. The van der Waals surface area contributed by atoms with Crippen molar-refractivity contribution in [2.45, 2.75) is 58.3 Å². The number of methoxy groups -OCH3 is 1. The lowest BCUT2D eigenvalue weighted by atomic mass is 9.85. The Kier molecular flexibility index (Phi) is 5.22. The van der Waals surface area contributed by atoms with Crippen LogP contribution in [-0.4, -0.2) is 30.7 Å². The maximum absolute atomic E-state index is 9.26. The van der Waals surface area contributed by atoms with Gasteiger partial charge in [-0.1, -0.05) is 20.3 Å². The van der Waals surface area contributed by atoms with Crippen LogP contribution in [0.15, 0.2) is 0 Å². The highest BCUT2D eigenvalue weighted by molar-refractivity contribution is 4.88. The molecule has 1 aliphatic heterocycles. The van der Waals surface area contributed by atoms with Gasteiger partial charge in [0, 0.05) is 19.6 Å². The molecule has 0 aromatic carbocycles. The molecule has 0 spiro atoms. The standard InChI is InChI=1S/C13H26O3/c1-5-10(9-14)7-13(3)8-11(6-2)12(15-4)16-13/h10-12,14H,5-9H2,1-4H3/t10-,11-,12-,13-/m1/s1. The smallest absolute Gasteiger partial charge is 0.160 e. The second kappa shape index (κ2) is 5.99. The number of aliphatic hydroxyl groups is 1. The van der Waals surface area contributed by atoms with Gasteiger partial charge in [-0.25, -0.2) is 0 Å². The maximum Gasteiger partial charge on any atom is 0.160 e. The molecule has 0 saturated carbocycles. The molecule has 1 aliphatic rings. The Morgan fingerprint density at radius 2 is 2.19 bits per heavy atom. The number of aliphatic hydroxyl groups excluding tert-OH is 1. The van der Waals surface area contributed by atoms with Gasteiger partial charge in [-0.2, -0.15) is 0 Å². The second-order valence-corrected chi connectivity index (χ2v) is 5.21. The zero-order valence-electron chi connectivity index (χ0n) is 11.0. The highest BCUT2D eigenvalue weighted by atomic mass is 16.7. The van der Waals surface area contributed by atoms with Crippen LogP contribution in [0.1, 0.15) is 46.5 Å². The van der Waals surface area contributed by atoms with E-state index in [2.05, 4.69) is 20.8 Å². The van der Waals surface area contributed by atoms with Gasteiger partial charge in [0.05, 0.1) is 5.60 Å². The Balaban J connectivity index is 2.58. The predicted molar refractivity (Wildman–Crippen MR) is 64.2 cm³/mol. The Morgan fingerprint density at radius 1 is 1.50 bits per heavy atom. The molecule has 0 unspecified atom stereocenters. The van der Waals surface area contributed by atoms with Crippen LogP contribution in [0.2, 0.25) is 0 Å². The zero-order chi connectivity index (χ0) is 12.2. The zero-order valence-corrected chi connectivity index (χ0v) is 11.0. The van der Waals surface area contributed by atoms with Crippen molar-refractivity contribution in [3.8, 4) is 0 Å². The number of ether oxygens (including phenoxy) is 2. The molecule has 4 atom stereocenters. The van der Waals surface area contributed by atoms with Crippen LogP contribution in [0.5, 0.6) is 0 Å². The summed E-state index contributed by atoms with van der Waals surface area (Å²) in [5.74, 6) is 0.837. The topological polar surface area (TPSA) is 38.7 Å². The second-order valence-electron chi connectivity index (χ2n) is 5.21. The third-order valence-corrected chi connectivity index (χ3v) is 3.79. The third-order valence-electron chi connectivity index (χ3n) is 3.79. The van der Waals surface area contributed by atoms with E-state index in [1.54, 1.807) is 7.11 Å². The van der Waals surface area contributed by atoms with E-state index in [-0.39, 0.29) is 18.5 Å². The summed E-state index contributed by atoms with van der Waals surface area (Å²) in [7, 11) is 1.71. The molecule has 96 valence electrons. The molecule has 1 fully saturated rings. The minimum Gasteiger partial charge on any atom is -0.396 e. The van der Waals surface area contributed by atoms with Crippen LogP contribution < -0.4 is 0 Å². The Morgan fingerprint density at radius 3 is 2.56 bits per heavy atom. The van der Waals surface area contributed by atoms with Crippen molar-refractivity contribution in [2.24, 2.45) is 11.8 Å². The molecule has 0 aromatic heterocycles. The van der Waals surface area contributed by atoms with E-state index < -0.39 is 0 Å². The molecular weight excluding hydrogens is 204 g/mol. The molecule has 1 N–H and O–H groups in total. The SMILES string of the molecule is CC[C@@H](CO)C[C@]1(C)C[C@@H](CC)[C@H](OC)O1. The minimum absolute atomic E-state index is 0.0637. The average molecular weight is 230 g/mol. The van der Waals surface area contributed by atoms with Crippen LogP contribution in [0, 0.1) is 11.8 Å². The van der Waals surface area contributed by atoms with Gasteiger partial charge in [0.15, 0.2) is 6.29 Å². The maximum atomic E-state index is 9.26. The largest absolute Gasteiger partial charge is 0.396 e. The summed E-state index contributed by atoms with van der Waals surface area (Å²) >= 11 is 0. The lowest BCUT2D eigenvalue weighted by Gasteiger charge is -2.28. The summed E-state index contributed by atoms with van der Waals surface area (Å²) in [6.07, 6.45) is 3.99. The van der Waals surface area contributed by atoms with Crippen molar-refractivity contribution in [2.75, 3.05) is 13.7 Å². The van der Waals surface area contributed by atoms with Crippen molar-refractivity contribution >= 4 is 0 Å². The number of hydrogen-bond donors (Lipinski definition) is 1. The Hall–Kier alpha value is -0.120. The van der Waals surface area contributed by atoms with Gasteiger partial charge in [-0.05, 0) is 32.1 Å². The van der Waals surface area contributed by atoms with E-state index in [1.807, 2.05) is 0 Å². The van der Waals surface area contributed by atoms with Crippen molar-refractivity contribution in [3.63, 3.8) is 0 Å². The molecule has 3 heteroatoms. The summed E-state index contributed by atoms with van der Waals surface area (Å²) in [4.78, 5) is 0. The summed E-state index contributed by atoms with van der Waals surface area (Å²) in [6.45, 7) is 6.69. The predicted octanol–water partition coefficient (Wildman–Crippen LogP) is 2.57. The van der Waals surface area contributed by atoms with E-state index in [1.165, 1.54) is 0 Å². The molecule has 1 rings (SSSR count). The van der Waals surface area contributed by atoms with E-state index in [0.29, 0.717) is 11.8 Å². The molecule has 1 heterocycles. The van der Waals surface area contributed by atoms with Crippen molar-refractivity contribution in [1.82, 2.24) is 0 Å². The van der Waals surface area contributed by atoms with Crippen LogP contribution in [0.25, 0.3) is 0 Å².